The van der Waals surface area contributed by atoms with E-state index in [4.69, 9.17) is 14.9 Å². The van der Waals surface area contributed by atoms with Crippen molar-refractivity contribution in [2.24, 2.45) is 0 Å². The van der Waals surface area contributed by atoms with Crippen LogP contribution in [0, 0.1) is 0 Å². The highest BCUT2D eigenvalue weighted by Gasteiger charge is 2.28. The van der Waals surface area contributed by atoms with Crippen molar-refractivity contribution in [2.75, 3.05) is 18.8 Å². The first kappa shape index (κ1) is 14.7. The zero-order valence-electron chi connectivity index (χ0n) is 12.8. The van der Waals surface area contributed by atoms with E-state index in [0.29, 0.717) is 30.3 Å². The maximum atomic E-state index is 12.5. The first-order chi connectivity index (χ1) is 10.5. The number of nitrogen functional groups attached to an aromatic ring is 1. The highest BCUT2D eigenvalue weighted by atomic mass is 16.5. The van der Waals surface area contributed by atoms with E-state index in [1.165, 1.54) is 0 Å². The third-order valence-corrected chi connectivity index (χ3v) is 3.72. The molecule has 5 heteroatoms. The van der Waals surface area contributed by atoms with E-state index in [-0.39, 0.29) is 18.1 Å². The quantitative estimate of drug-likeness (QED) is 0.866. The van der Waals surface area contributed by atoms with Gasteiger partial charge in [0, 0.05) is 24.3 Å². The lowest BCUT2D eigenvalue weighted by molar-refractivity contribution is -0.0592. The number of hydrogen-bond acceptors (Lipinski definition) is 4. The molecular weight excluding hydrogens is 280 g/mol. The highest BCUT2D eigenvalue weighted by molar-refractivity contribution is 5.92. The van der Waals surface area contributed by atoms with E-state index in [9.17, 15) is 4.79 Å². The monoisotopic (exact) mass is 300 g/mol. The average Bonchev–Trinajstić information content (AvgIpc) is 2.96. The predicted octanol–water partition coefficient (Wildman–Crippen LogP) is 2.78. The summed E-state index contributed by atoms with van der Waals surface area (Å²) in [5.41, 5.74) is 7.28. The molecule has 3 rings (SSSR count). The standard InChI is InChI=1S/C17H20N2O3/c1-11-9-19(10-12(2)21-11)17(20)16-8-7-15(22-16)13-3-5-14(18)6-4-13/h3-8,11-12H,9-10,18H2,1-2H3/t11-,12-/m0/s1. The summed E-state index contributed by atoms with van der Waals surface area (Å²) in [5.74, 6) is 0.925. The largest absolute Gasteiger partial charge is 0.451 e. The fourth-order valence-electron chi connectivity index (χ4n) is 2.75. The molecule has 5 nitrogen and oxygen atoms in total. The summed E-state index contributed by atoms with van der Waals surface area (Å²) < 4.78 is 11.4. The van der Waals surface area contributed by atoms with Crippen LogP contribution in [0.4, 0.5) is 5.69 Å². The van der Waals surface area contributed by atoms with Gasteiger partial charge in [-0.2, -0.15) is 0 Å². The minimum atomic E-state index is -0.0938. The molecule has 1 aromatic heterocycles. The van der Waals surface area contributed by atoms with Gasteiger partial charge in [0.15, 0.2) is 5.76 Å². The Labute approximate surface area is 129 Å². The van der Waals surface area contributed by atoms with Crippen molar-refractivity contribution in [3.63, 3.8) is 0 Å². The number of morpholine rings is 1. The van der Waals surface area contributed by atoms with Crippen molar-refractivity contribution in [2.45, 2.75) is 26.1 Å². The van der Waals surface area contributed by atoms with E-state index in [0.717, 1.165) is 5.56 Å². The van der Waals surface area contributed by atoms with E-state index in [1.807, 2.05) is 44.2 Å². The first-order valence-corrected chi connectivity index (χ1v) is 7.43. The van der Waals surface area contributed by atoms with Gasteiger partial charge in [0.1, 0.15) is 5.76 Å². The summed E-state index contributed by atoms with van der Waals surface area (Å²) in [6.07, 6.45) is 0.0819. The fraction of sp³-hybridized carbons (Fsp3) is 0.353. The van der Waals surface area contributed by atoms with Crippen LogP contribution in [0.3, 0.4) is 0 Å². The van der Waals surface area contributed by atoms with Crippen molar-refractivity contribution >= 4 is 11.6 Å². The maximum Gasteiger partial charge on any atom is 0.289 e. The number of rotatable bonds is 2. The molecule has 2 atom stereocenters. The smallest absolute Gasteiger partial charge is 0.289 e. The molecule has 2 heterocycles. The Bertz CT molecular complexity index is 653. The Morgan fingerprint density at radius 1 is 1.09 bits per heavy atom. The summed E-state index contributed by atoms with van der Waals surface area (Å²) in [6.45, 7) is 5.11. The van der Waals surface area contributed by atoms with Gasteiger partial charge in [-0.3, -0.25) is 4.79 Å². The van der Waals surface area contributed by atoms with Crippen LogP contribution in [-0.2, 0) is 4.74 Å². The first-order valence-electron chi connectivity index (χ1n) is 7.43. The molecule has 1 fully saturated rings. The minimum absolute atomic E-state index is 0.0410. The molecule has 116 valence electrons. The van der Waals surface area contributed by atoms with Crippen LogP contribution >= 0.6 is 0 Å². The number of carbonyl (C=O) groups is 1. The van der Waals surface area contributed by atoms with Gasteiger partial charge in [-0.15, -0.1) is 0 Å². The van der Waals surface area contributed by atoms with Gasteiger partial charge >= 0.3 is 0 Å². The second-order valence-corrected chi connectivity index (χ2v) is 5.75. The fourth-order valence-corrected chi connectivity index (χ4v) is 2.75. The van der Waals surface area contributed by atoms with Crippen molar-refractivity contribution in [3.05, 3.63) is 42.2 Å². The lowest BCUT2D eigenvalue weighted by Gasteiger charge is -2.34. The lowest BCUT2D eigenvalue weighted by Crippen LogP contribution is -2.48. The van der Waals surface area contributed by atoms with Crippen molar-refractivity contribution in [1.29, 1.82) is 0 Å². The maximum absolute atomic E-state index is 12.5. The highest BCUT2D eigenvalue weighted by Crippen LogP contribution is 2.24. The van der Waals surface area contributed by atoms with Crippen molar-refractivity contribution in [1.82, 2.24) is 4.90 Å². The summed E-state index contributed by atoms with van der Waals surface area (Å²) in [7, 11) is 0. The van der Waals surface area contributed by atoms with Gasteiger partial charge < -0.3 is 19.8 Å². The number of anilines is 1. The molecule has 1 aliphatic rings. The van der Waals surface area contributed by atoms with E-state index < -0.39 is 0 Å². The molecule has 2 N–H and O–H groups in total. The third-order valence-electron chi connectivity index (χ3n) is 3.72. The molecule has 1 amide bonds. The van der Waals surface area contributed by atoms with Crippen LogP contribution in [0.25, 0.3) is 11.3 Å². The Morgan fingerprint density at radius 2 is 1.73 bits per heavy atom. The average molecular weight is 300 g/mol. The van der Waals surface area contributed by atoms with E-state index in [1.54, 1.807) is 11.0 Å². The van der Waals surface area contributed by atoms with Crippen LogP contribution in [0.2, 0.25) is 0 Å². The number of ether oxygens (including phenoxy) is 1. The van der Waals surface area contributed by atoms with Gasteiger partial charge in [0.05, 0.1) is 12.2 Å². The Morgan fingerprint density at radius 3 is 2.36 bits per heavy atom. The topological polar surface area (TPSA) is 68.7 Å². The zero-order chi connectivity index (χ0) is 15.7. The molecule has 1 aromatic carbocycles. The normalized spacial score (nSPS) is 21.8. The molecule has 0 saturated carbocycles. The molecular formula is C17H20N2O3. The van der Waals surface area contributed by atoms with E-state index >= 15 is 0 Å². The molecule has 1 saturated heterocycles. The molecule has 2 aromatic rings. The SMILES string of the molecule is C[C@H]1CN(C(=O)c2ccc(-c3ccc(N)cc3)o2)C[C@H](C)O1. The predicted molar refractivity (Wildman–Crippen MR) is 84.5 cm³/mol. The van der Waals surface area contributed by atoms with Crippen LogP contribution in [0.15, 0.2) is 40.8 Å². The third kappa shape index (κ3) is 2.99. The van der Waals surface area contributed by atoms with Crippen LogP contribution in [0.1, 0.15) is 24.4 Å². The Kier molecular flexibility index (Phi) is 3.90. The molecule has 22 heavy (non-hydrogen) atoms. The van der Waals surface area contributed by atoms with Crippen molar-refractivity contribution < 1.29 is 13.9 Å². The second kappa shape index (κ2) is 5.85. The number of nitrogens with two attached hydrogens (primary N) is 1. The van der Waals surface area contributed by atoms with Gasteiger partial charge in [-0.1, -0.05) is 0 Å². The summed E-state index contributed by atoms with van der Waals surface area (Å²) >= 11 is 0. The summed E-state index contributed by atoms with van der Waals surface area (Å²) in [5, 5.41) is 0. The zero-order valence-corrected chi connectivity index (χ0v) is 12.8. The van der Waals surface area contributed by atoms with Crippen LogP contribution in [-0.4, -0.2) is 36.1 Å². The number of amides is 1. The number of furan rings is 1. The summed E-state index contributed by atoms with van der Waals surface area (Å²) in [6, 6.07) is 10.9. The molecule has 1 aliphatic heterocycles. The van der Waals surface area contributed by atoms with Gasteiger partial charge in [-0.25, -0.2) is 0 Å². The lowest BCUT2D eigenvalue weighted by atomic mass is 10.1. The second-order valence-electron chi connectivity index (χ2n) is 5.75. The van der Waals surface area contributed by atoms with Crippen molar-refractivity contribution in [3.8, 4) is 11.3 Å². The molecule has 0 aliphatic carbocycles. The number of nitrogens with zero attached hydrogens (tertiary/aromatic N) is 1. The van der Waals surface area contributed by atoms with Gasteiger partial charge in [0.2, 0.25) is 0 Å². The van der Waals surface area contributed by atoms with Gasteiger partial charge in [-0.05, 0) is 50.2 Å². The van der Waals surface area contributed by atoms with Gasteiger partial charge in [0.25, 0.3) is 5.91 Å². The number of carbonyl (C=O) groups excluding carboxylic acids is 1. The molecule has 0 spiro atoms. The van der Waals surface area contributed by atoms with E-state index in [2.05, 4.69) is 0 Å². The number of hydrogen-bond donors (Lipinski definition) is 1. The minimum Gasteiger partial charge on any atom is -0.451 e. The summed E-state index contributed by atoms with van der Waals surface area (Å²) in [4.78, 5) is 14.3. The Hall–Kier alpha value is -2.27. The molecule has 0 bridgehead atoms. The van der Waals surface area contributed by atoms with Crippen LogP contribution in [0.5, 0.6) is 0 Å². The van der Waals surface area contributed by atoms with Crippen LogP contribution < -0.4 is 5.73 Å². The molecule has 0 unspecified atom stereocenters. The Balaban J connectivity index is 1.78. The molecule has 0 radical (unpaired) electrons. The number of benzene rings is 1.